The van der Waals surface area contributed by atoms with Gasteiger partial charge in [-0.15, -0.1) is 0 Å². The Labute approximate surface area is 119 Å². The number of nitrogens with zero attached hydrogens (tertiary/aromatic N) is 1. The first-order chi connectivity index (χ1) is 9.65. The minimum absolute atomic E-state index is 0.247. The summed E-state index contributed by atoms with van der Waals surface area (Å²) in [4.78, 5) is 13.9. The number of hydrogen-bond acceptors (Lipinski definition) is 5. The molecule has 0 spiro atoms. The Hall–Kier alpha value is -1.33. The molecule has 0 bridgehead atoms. The summed E-state index contributed by atoms with van der Waals surface area (Å²) >= 11 is 0. The fourth-order valence-corrected chi connectivity index (χ4v) is 2.89. The van der Waals surface area contributed by atoms with E-state index >= 15 is 0 Å². The number of aryl methyl sites for hydroxylation is 1. The highest BCUT2D eigenvalue weighted by Gasteiger charge is 2.25. The number of esters is 1. The molecule has 0 saturated carbocycles. The molecule has 1 aliphatic rings. The molecule has 1 aliphatic heterocycles. The lowest BCUT2D eigenvalue weighted by atomic mass is 10.1. The van der Waals surface area contributed by atoms with Crippen LogP contribution < -0.4 is 0 Å². The summed E-state index contributed by atoms with van der Waals surface area (Å²) in [7, 11) is 1.37. The van der Waals surface area contributed by atoms with Crippen molar-refractivity contribution in [2.75, 3.05) is 20.3 Å². The zero-order chi connectivity index (χ0) is 14.5. The van der Waals surface area contributed by atoms with Crippen LogP contribution in [-0.2, 0) is 11.3 Å². The van der Waals surface area contributed by atoms with Crippen molar-refractivity contribution in [3.63, 3.8) is 0 Å². The summed E-state index contributed by atoms with van der Waals surface area (Å²) in [5, 5.41) is 8.94. The number of furan rings is 1. The first kappa shape index (κ1) is 15.1. The molecule has 2 rings (SSSR count). The minimum atomic E-state index is -0.351. The van der Waals surface area contributed by atoms with Gasteiger partial charge in [0, 0.05) is 12.6 Å². The van der Waals surface area contributed by atoms with Gasteiger partial charge in [-0.2, -0.15) is 0 Å². The summed E-state index contributed by atoms with van der Waals surface area (Å²) in [6.07, 6.45) is 4.20. The van der Waals surface area contributed by atoms with Crippen molar-refractivity contribution in [3.05, 3.63) is 23.2 Å². The van der Waals surface area contributed by atoms with E-state index in [0.29, 0.717) is 23.9 Å². The van der Waals surface area contributed by atoms with Crippen molar-refractivity contribution in [2.24, 2.45) is 0 Å². The van der Waals surface area contributed by atoms with E-state index in [4.69, 9.17) is 14.3 Å². The zero-order valence-electron chi connectivity index (χ0n) is 12.2. The number of rotatable bonds is 6. The molecule has 20 heavy (non-hydrogen) atoms. The summed E-state index contributed by atoms with van der Waals surface area (Å²) in [6, 6.07) is 2.29. The SMILES string of the molecule is COC(=O)c1cc(CN2CCCC2CCCO)oc1C. The fraction of sp³-hybridized carbons (Fsp3) is 0.667. The van der Waals surface area contributed by atoms with Crippen LogP contribution in [0.25, 0.3) is 0 Å². The molecule has 1 unspecified atom stereocenters. The second kappa shape index (κ2) is 6.90. The van der Waals surface area contributed by atoms with Gasteiger partial charge in [0.05, 0.1) is 13.7 Å². The maximum atomic E-state index is 11.6. The molecule has 0 aromatic carbocycles. The standard InChI is InChI=1S/C15H23NO4/c1-11-14(15(18)19-2)9-13(20-11)10-16-7-3-5-12(16)6-4-8-17/h9,12,17H,3-8,10H2,1-2H3. The Kier molecular flexibility index (Phi) is 5.20. The van der Waals surface area contributed by atoms with E-state index in [0.717, 1.165) is 25.1 Å². The molecule has 112 valence electrons. The average Bonchev–Trinajstić information content (AvgIpc) is 3.03. The van der Waals surface area contributed by atoms with Crippen molar-refractivity contribution in [1.29, 1.82) is 0 Å². The van der Waals surface area contributed by atoms with Crippen LogP contribution in [0.1, 0.15) is 47.6 Å². The number of methoxy groups -OCH3 is 1. The molecule has 5 heteroatoms. The average molecular weight is 281 g/mol. The predicted octanol–water partition coefficient (Wildman–Crippen LogP) is 2.11. The van der Waals surface area contributed by atoms with Gasteiger partial charge >= 0.3 is 5.97 Å². The highest BCUT2D eigenvalue weighted by molar-refractivity contribution is 5.90. The lowest BCUT2D eigenvalue weighted by Crippen LogP contribution is -2.28. The minimum Gasteiger partial charge on any atom is -0.465 e. The van der Waals surface area contributed by atoms with Gasteiger partial charge < -0.3 is 14.3 Å². The Balaban J connectivity index is 2.00. The van der Waals surface area contributed by atoms with Crippen molar-refractivity contribution < 1.29 is 19.1 Å². The summed E-state index contributed by atoms with van der Waals surface area (Å²) in [5.41, 5.74) is 0.508. The second-order valence-electron chi connectivity index (χ2n) is 5.31. The molecule has 1 aromatic heterocycles. The van der Waals surface area contributed by atoms with Gasteiger partial charge in [0.15, 0.2) is 0 Å². The van der Waals surface area contributed by atoms with E-state index in [1.807, 2.05) is 0 Å². The molecule has 2 heterocycles. The van der Waals surface area contributed by atoms with Crippen molar-refractivity contribution in [2.45, 2.75) is 45.2 Å². The smallest absolute Gasteiger partial charge is 0.341 e. The van der Waals surface area contributed by atoms with Crippen LogP contribution in [0.3, 0.4) is 0 Å². The number of likely N-dealkylation sites (tertiary alicyclic amines) is 1. The molecule has 1 fully saturated rings. The van der Waals surface area contributed by atoms with Gasteiger partial charge in [-0.1, -0.05) is 0 Å². The van der Waals surface area contributed by atoms with E-state index in [2.05, 4.69) is 4.90 Å². The Morgan fingerprint density at radius 1 is 1.60 bits per heavy atom. The van der Waals surface area contributed by atoms with E-state index in [1.165, 1.54) is 20.0 Å². The van der Waals surface area contributed by atoms with Gasteiger partial charge in [0.2, 0.25) is 0 Å². The summed E-state index contributed by atoms with van der Waals surface area (Å²) in [6.45, 7) is 3.79. The van der Waals surface area contributed by atoms with Crippen molar-refractivity contribution >= 4 is 5.97 Å². The molecule has 1 atom stereocenters. The van der Waals surface area contributed by atoms with Crippen LogP contribution in [0.2, 0.25) is 0 Å². The molecule has 0 aliphatic carbocycles. The summed E-state index contributed by atoms with van der Waals surface area (Å²) in [5.74, 6) is 1.06. The van der Waals surface area contributed by atoms with Crippen LogP contribution in [-0.4, -0.2) is 42.3 Å². The first-order valence-corrected chi connectivity index (χ1v) is 7.18. The maximum absolute atomic E-state index is 11.6. The van der Waals surface area contributed by atoms with Gasteiger partial charge in [0.1, 0.15) is 17.1 Å². The number of carbonyl (C=O) groups is 1. The van der Waals surface area contributed by atoms with Crippen LogP contribution in [0, 0.1) is 6.92 Å². The van der Waals surface area contributed by atoms with Gasteiger partial charge in [-0.25, -0.2) is 4.79 Å². The molecule has 5 nitrogen and oxygen atoms in total. The van der Waals surface area contributed by atoms with E-state index in [1.54, 1.807) is 13.0 Å². The lowest BCUT2D eigenvalue weighted by Gasteiger charge is -2.23. The number of aliphatic hydroxyl groups excluding tert-OH is 1. The van der Waals surface area contributed by atoms with E-state index in [9.17, 15) is 4.79 Å². The molecule has 1 saturated heterocycles. The van der Waals surface area contributed by atoms with Crippen LogP contribution in [0.5, 0.6) is 0 Å². The Bertz CT molecular complexity index is 455. The van der Waals surface area contributed by atoms with Crippen molar-refractivity contribution in [3.8, 4) is 0 Å². The number of carbonyl (C=O) groups excluding carboxylic acids is 1. The normalized spacial score (nSPS) is 19.4. The molecule has 1 aromatic rings. The number of aliphatic hydroxyl groups is 1. The third kappa shape index (κ3) is 3.41. The topological polar surface area (TPSA) is 62.9 Å². The Morgan fingerprint density at radius 3 is 3.10 bits per heavy atom. The summed E-state index contributed by atoms with van der Waals surface area (Å²) < 4.78 is 10.4. The monoisotopic (exact) mass is 281 g/mol. The fourth-order valence-electron chi connectivity index (χ4n) is 2.89. The molecular formula is C15H23NO4. The van der Waals surface area contributed by atoms with Crippen LogP contribution in [0.15, 0.2) is 10.5 Å². The Morgan fingerprint density at radius 2 is 2.40 bits per heavy atom. The molecular weight excluding hydrogens is 258 g/mol. The largest absolute Gasteiger partial charge is 0.465 e. The number of hydrogen-bond donors (Lipinski definition) is 1. The highest BCUT2D eigenvalue weighted by atomic mass is 16.5. The zero-order valence-corrected chi connectivity index (χ0v) is 12.2. The van der Waals surface area contributed by atoms with Crippen molar-refractivity contribution in [1.82, 2.24) is 4.90 Å². The quantitative estimate of drug-likeness (QED) is 0.809. The number of ether oxygens (including phenoxy) is 1. The molecule has 0 amide bonds. The van der Waals surface area contributed by atoms with E-state index < -0.39 is 0 Å². The van der Waals surface area contributed by atoms with Gasteiger partial charge in [-0.05, 0) is 45.2 Å². The van der Waals surface area contributed by atoms with Crippen LogP contribution in [0.4, 0.5) is 0 Å². The van der Waals surface area contributed by atoms with Crippen LogP contribution >= 0.6 is 0 Å². The first-order valence-electron chi connectivity index (χ1n) is 7.18. The maximum Gasteiger partial charge on any atom is 0.341 e. The third-order valence-corrected chi connectivity index (χ3v) is 3.93. The third-order valence-electron chi connectivity index (χ3n) is 3.93. The van der Waals surface area contributed by atoms with Gasteiger partial charge in [0.25, 0.3) is 0 Å². The second-order valence-corrected chi connectivity index (χ2v) is 5.31. The lowest BCUT2D eigenvalue weighted by molar-refractivity contribution is 0.0599. The highest BCUT2D eigenvalue weighted by Crippen LogP contribution is 2.25. The molecule has 1 N–H and O–H groups in total. The van der Waals surface area contributed by atoms with E-state index in [-0.39, 0.29) is 12.6 Å². The van der Waals surface area contributed by atoms with Gasteiger partial charge in [-0.3, -0.25) is 4.90 Å². The predicted molar refractivity (Wildman–Crippen MR) is 74.5 cm³/mol. The molecule has 0 radical (unpaired) electrons.